The summed E-state index contributed by atoms with van der Waals surface area (Å²) in [6.07, 6.45) is -0.568. The molecule has 3 aromatic heterocycles. The quantitative estimate of drug-likeness (QED) is 0.352. The third-order valence-corrected chi connectivity index (χ3v) is 5.40. The number of aromatic nitrogens is 6. The number of nitrogens with one attached hydrogen (secondary N) is 1. The van der Waals surface area contributed by atoms with Gasteiger partial charge in [0.05, 0.1) is 17.8 Å². The van der Waals surface area contributed by atoms with Gasteiger partial charge in [-0.1, -0.05) is 65.9 Å². The van der Waals surface area contributed by atoms with Gasteiger partial charge in [-0.15, -0.1) is 5.10 Å². The first kappa shape index (κ1) is 23.8. The highest BCUT2D eigenvalue weighted by Crippen LogP contribution is 2.30. The van der Waals surface area contributed by atoms with Crippen molar-refractivity contribution in [1.29, 1.82) is 0 Å². The van der Waals surface area contributed by atoms with Crippen molar-refractivity contribution in [2.75, 3.05) is 5.32 Å². The highest BCUT2D eigenvalue weighted by molar-refractivity contribution is 5.91. The van der Waals surface area contributed by atoms with Crippen LogP contribution in [0.4, 0.5) is 19.1 Å². The van der Waals surface area contributed by atoms with E-state index in [0.717, 1.165) is 23.4 Å². The van der Waals surface area contributed by atoms with E-state index in [-0.39, 0.29) is 23.8 Å². The molecule has 1 amide bonds. The number of amides is 1. The van der Waals surface area contributed by atoms with Crippen molar-refractivity contribution in [1.82, 2.24) is 29.9 Å². The van der Waals surface area contributed by atoms with E-state index in [1.165, 1.54) is 10.7 Å². The van der Waals surface area contributed by atoms with Crippen LogP contribution >= 0.6 is 0 Å². The van der Waals surface area contributed by atoms with Crippen molar-refractivity contribution >= 4 is 11.9 Å². The third kappa shape index (κ3) is 5.35. The number of nitrogens with zero attached hydrogens (tertiary/aromatic N) is 6. The maximum absolute atomic E-state index is 13.2. The van der Waals surface area contributed by atoms with Gasteiger partial charge in [0.15, 0.2) is 0 Å². The second-order valence-electron chi connectivity index (χ2n) is 7.95. The average Bonchev–Trinajstić information content (AvgIpc) is 3.33. The highest BCUT2D eigenvalue weighted by Gasteiger charge is 2.33. The Bertz CT molecular complexity index is 1520. The predicted octanol–water partition coefficient (Wildman–Crippen LogP) is 4.99. The van der Waals surface area contributed by atoms with Crippen molar-refractivity contribution in [2.45, 2.75) is 12.6 Å². The van der Waals surface area contributed by atoms with Crippen molar-refractivity contribution in [2.24, 2.45) is 0 Å². The number of hydrogen-bond donors (Lipinski definition) is 1. The summed E-state index contributed by atoms with van der Waals surface area (Å²) in [5, 5.41) is 10.8. The number of hydrogen-bond acceptors (Lipinski definition) is 6. The topological polar surface area (TPSA) is 98.5 Å². The minimum atomic E-state index is -4.62. The van der Waals surface area contributed by atoms with Crippen molar-refractivity contribution in [3.8, 4) is 28.1 Å². The smallest absolute Gasteiger partial charge is 0.294 e. The number of halogens is 3. The maximum atomic E-state index is 13.2. The molecule has 184 valence electrons. The number of pyridine rings is 1. The maximum Gasteiger partial charge on any atom is 0.433 e. The van der Waals surface area contributed by atoms with Gasteiger partial charge in [-0.3, -0.25) is 15.1 Å². The van der Waals surface area contributed by atoms with Crippen LogP contribution in [-0.4, -0.2) is 35.9 Å². The fourth-order valence-electron chi connectivity index (χ4n) is 3.70. The summed E-state index contributed by atoms with van der Waals surface area (Å²) in [6.45, 7) is 0. The lowest BCUT2D eigenvalue weighted by molar-refractivity contribution is -0.141. The van der Waals surface area contributed by atoms with Crippen LogP contribution in [0.15, 0.2) is 91.4 Å². The fraction of sp³-hybridized carbons (Fsp3) is 0.0769. The molecule has 3 heterocycles. The summed E-state index contributed by atoms with van der Waals surface area (Å²) in [5.41, 5.74) is 2.07. The van der Waals surface area contributed by atoms with E-state index >= 15 is 0 Å². The Morgan fingerprint density at radius 2 is 1.49 bits per heavy atom. The lowest BCUT2D eigenvalue weighted by Crippen LogP contribution is -2.17. The SMILES string of the molecule is O=C(Cc1nnn(-c2ccnc(C(F)(F)F)c2)c1-c1ccccc1)Nc1ncc(-c2ccccc2)cn1. The van der Waals surface area contributed by atoms with E-state index in [1.807, 2.05) is 30.3 Å². The molecule has 0 atom stereocenters. The minimum absolute atomic E-state index is 0.111. The van der Waals surface area contributed by atoms with E-state index in [0.29, 0.717) is 11.3 Å². The second kappa shape index (κ2) is 9.97. The van der Waals surface area contributed by atoms with Gasteiger partial charge in [-0.2, -0.15) is 13.2 Å². The molecule has 1 N–H and O–H groups in total. The number of benzene rings is 2. The predicted molar refractivity (Wildman–Crippen MR) is 129 cm³/mol. The van der Waals surface area contributed by atoms with E-state index in [2.05, 4.69) is 30.6 Å². The monoisotopic (exact) mass is 501 g/mol. The molecule has 2 aromatic carbocycles. The summed E-state index contributed by atoms with van der Waals surface area (Å²) >= 11 is 0. The summed E-state index contributed by atoms with van der Waals surface area (Å²) in [7, 11) is 0. The summed E-state index contributed by atoms with van der Waals surface area (Å²) in [6, 6.07) is 20.7. The van der Waals surface area contributed by atoms with Crippen molar-refractivity contribution in [3.05, 3.63) is 103 Å². The molecular formula is C26H18F3N7O. The van der Waals surface area contributed by atoms with Crippen LogP contribution in [0.1, 0.15) is 11.4 Å². The van der Waals surface area contributed by atoms with Crippen LogP contribution in [0.2, 0.25) is 0 Å². The molecule has 8 nitrogen and oxygen atoms in total. The largest absolute Gasteiger partial charge is 0.433 e. The van der Waals surface area contributed by atoms with Crippen LogP contribution in [0.25, 0.3) is 28.1 Å². The number of alkyl halides is 3. The van der Waals surface area contributed by atoms with Gasteiger partial charge in [0.1, 0.15) is 11.4 Å². The second-order valence-corrected chi connectivity index (χ2v) is 7.95. The standard InChI is InChI=1S/C26H18F3N7O/c27-26(28,29)22-13-20(11-12-30-22)36-24(18-9-5-2-6-10-18)21(34-35-36)14-23(37)33-25-31-15-19(16-32-25)17-7-3-1-4-8-17/h1-13,15-16H,14H2,(H,31,32,33,37). The molecule has 0 saturated heterocycles. The molecule has 5 rings (SSSR count). The molecule has 0 aliphatic heterocycles. The Morgan fingerprint density at radius 1 is 0.838 bits per heavy atom. The van der Waals surface area contributed by atoms with Crippen LogP contribution in [0.5, 0.6) is 0 Å². The Balaban J connectivity index is 1.42. The molecule has 0 bridgehead atoms. The van der Waals surface area contributed by atoms with Crippen LogP contribution in [-0.2, 0) is 17.4 Å². The summed E-state index contributed by atoms with van der Waals surface area (Å²) in [5.74, 6) is -0.343. The Labute approximate surface area is 208 Å². The Morgan fingerprint density at radius 3 is 2.14 bits per heavy atom. The van der Waals surface area contributed by atoms with E-state index in [4.69, 9.17) is 0 Å². The normalized spacial score (nSPS) is 11.3. The molecule has 5 aromatic rings. The zero-order valence-electron chi connectivity index (χ0n) is 19.1. The number of carbonyl (C=O) groups is 1. The van der Waals surface area contributed by atoms with Crippen molar-refractivity contribution < 1.29 is 18.0 Å². The Hall–Kier alpha value is -4.93. The lowest BCUT2D eigenvalue weighted by Gasteiger charge is -2.11. The number of anilines is 1. The molecule has 0 aliphatic rings. The van der Waals surface area contributed by atoms with Crippen molar-refractivity contribution in [3.63, 3.8) is 0 Å². The molecule has 0 spiro atoms. The molecular weight excluding hydrogens is 483 g/mol. The van der Waals surface area contributed by atoms with Gasteiger partial charge in [-0.25, -0.2) is 14.6 Å². The highest BCUT2D eigenvalue weighted by atomic mass is 19.4. The Kier molecular flexibility index (Phi) is 6.42. The number of rotatable bonds is 6. The van der Waals surface area contributed by atoms with Gasteiger partial charge < -0.3 is 0 Å². The van der Waals surface area contributed by atoms with Gasteiger partial charge in [0.25, 0.3) is 0 Å². The number of carbonyl (C=O) groups excluding carboxylic acids is 1. The van der Waals surface area contributed by atoms with Gasteiger partial charge >= 0.3 is 6.18 Å². The van der Waals surface area contributed by atoms with Crippen LogP contribution < -0.4 is 5.32 Å². The summed E-state index contributed by atoms with van der Waals surface area (Å²) < 4.78 is 41.0. The van der Waals surface area contributed by atoms with Gasteiger partial charge in [0.2, 0.25) is 11.9 Å². The lowest BCUT2D eigenvalue weighted by atomic mass is 10.1. The minimum Gasteiger partial charge on any atom is -0.294 e. The fourth-order valence-corrected chi connectivity index (χ4v) is 3.70. The van der Waals surface area contributed by atoms with E-state index < -0.39 is 17.8 Å². The van der Waals surface area contributed by atoms with Crippen LogP contribution in [0.3, 0.4) is 0 Å². The summed E-state index contributed by atoms with van der Waals surface area (Å²) in [4.78, 5) is 24.6. The van der Waals surface area contributed by atoms with E-state index in [9.17, 15) is 18.0 Å². The molecule has 0 aliphatic carbocycles. The van der Waals surface area contributed by atoms with Crippen LogP contribution in [0, 0.1) is 0 Å². The first-order valence-electron chi connectivity index (χ1n) is 11.1. The average molecular weight is 501 g/mol. The molecule has 11 heteroatoms. The molecule has 0 radical (unpaired) electrons. The molecule has 0 saturated carbocycles. The third-order valence-electron chi connectivity index (χ3n) is 5.40. The van der Waals surface area contributed by atoms with E-state index in [1.54, 1.807) is 42.7 Å². The van der Waals surface area contributed by atoms with Gasteiger partial charge in [0, 0.05) is 29.7 Å². The zero-order chi connectivity index (χ0) is 25.8. The van der Waals surface area contributed by atoms with Gasteiger partial charge in [-0.05, 0) is 17.7 Å². The molecule has 0 unspecified atom stereocenters. The first-order valence-corrected chi connectivity index (χ1v) is 11.1. The molecule has 37 heavy (non-hydrogen) atoms. The first-order chi connectivity index (χ1) is 17.9. The molecule has 0 fully saturated rings. The zero-order valence-corrected chi connectivity index (χ0v) is 19.1.